The average Bonchev–Trinajstić information content (AvgIpc) is 2.67. The molecule has 27 heavy (non-hydrogen) atoms. The van der Waals surface area contributed by atoms with Crippen LogP contribution < -0.4 is 15.4 Å². The van der Waals surface area contributed by atoms with E-state index < -0.39 is 18.0 Å². The van der Waals surface area contributed by atoms with Gasteiger partial charge in [0, 0.05) is 0 Å². The lowest BCUT2D eigenvalue weighted by Crippen LogP contribution is -2.45. The number of hydrogen-bond donors (Lipinski definition) is 2. The van der Waals surface area contributed by atoms with E-state index in [-0.39, 0.29) is 15.6 Å². The zero-order chi connectivity index (χ0) is 19.6. The molecule has 0 bridgehead atoms. The van der Waals surface area contributed by atoms with Gasteiger partial charge in [0.1, 0.15) is 0 Å². The summed E-state index contributed by atoms with van der Waals surface area (Å²) < 4.78 is 10.1. The summed E-state index contributed by atoms with van der Waals surface area (Å²) in [6.45, 7) is 0. The molecule has 1 atom stereocenters. The number of amides is 2. The number of esters is 1. The zero-order valence-electron chi connectivity index (χ0n) is 14.5. The van der Waals surface area contributed by atoms with E-state index in [2.05, 4.69) is 10.6 Å². The molecule has 6 nitrogen and oxygen atoms in total. The molecule has 8 heteroatoms. The Labute approximate surface area is 166 Å². The smallest absolute Gasteiger partial charge is 0.338 e. The van der Waals surface area contributed by atoms with Gasteiger partial charge in [0.05, 0.1) is 41.6 Å². The van der Waals surface area contributed by atoms with Crippen LogP contribution in [0.15, 0.2) is 48.0 Å². The molecule has 1 aliphatic heterocycles. The molecule has 1 heterocycles. The number of nitrogens with one attached hydrogen (secondary N) is 2. The zero-order valence-corrected chi connectivity index (χ0v) is 16.0. The molecule has 2 aromatic carbocycles. The van der Waals surface area contributed by atoms with Crippen molar-refractivity contribution in [2.45, 2.75) is 6.04 Å². The molecule has 0 radical (unpaired) electrons. The van der Waals surface area contributed by atoms with Crippen molar-refractivity contribution in [2.75, 3.05) is 14.2 Å². The van der Waals surface area contributed by atoms with Crippen LogP contribution in [0.2, 0.25) is 10.0 Å². The molecule has 2 aromatic rings. The van der Waals surface area contributed by atoms with E-state index in [0.717, 1.165) is 0 Å². The molecular formula is C19H16Cl2N2O4. The first-order chi connectivity index (χ1) is 13.0. The van der Waals surface area contributed by atoms with E-state index in [1.54, 1.807) is 24.3 Å². The maximum atomic E-state index is 12.6. The number of benzene rings is 2. The monoisotopic (exact) mass is 406 g/mol. The Bertz CT molecular complexity index is 906. The highest BCUT2D eigenvalue weighted by molar-refractivity contribution is 6.37. The summed E-state index contributed by atoms with van der Waals surface area (Å²) in [7, 11) is 2.73. The number of carbonyl (C=O) groups excluding carboxylic acids is 2. The van der Waals surface area contributed by atoms with Crippen molar-refractivity contribution in [1.82, 2.24) is 10.6 Å². The summed E-state index contributed by atoms with van der Waals surface area (Å²) in [5, 5.41) is 5.93. The summed E-state index contributed by atoms with van der Waals surface area (Å²) in [6.07, 6.45) is 0. The van der Waals surface area contributed by atoms with Crippen LogP contribution in [0.5, 0.6) is 5.75 Å². The van der Waals surface area contributed by atoms with Crippen LogP contribution in [-0.2, 0) is 9.53 Å². The molecule has 140 valence electrons. The highest BCUT2D eigenvalue weighted by Gasteiger charge is 2.34. The number of urea groups is 1. The van der Waals surface area contributed by atoms with Gasteiger partial charge in [0.15, 0.2) is 5.75 Å². The summed E-state index contributed by atoms with van der Waals surface area (Å²) in [5.74, 6) is -0.274. The Morgan fingerprint density at radius 2 is 1.70 bits per heavy atom. The van der Waals surface area contributed by atoms with Gasteiger partial charge in [-0.25, -0.2) is 9.59 Å². The number of methoxy groups -OCH3 is 2. The van der Waals surface area contributed by atoms with Gasteiger partial charge in [-0.3, -0.25) is 0 Å². The van der Waals surface area contributed by atoms with Crippen molar-refractivity contribution in [3.63, 3.8) is 0 Å². The van der Waals surface area contributed by atoms with E-state index in [1.165, 1.54) is 14.2 Å². The van der Waals surface area contributed by atoms with Gasteiger partial charge in [-0.2, -0.15) is 0 Å². The topological polar surface area (TPSA) is 76.7 Å². The summed E-state index contributed by atoms with van der Waals surface area (Å²) >= 11 is 12.5. The minimum Gasteiger partial charge on any atom is -0.494 e. The first-order valence-electron chi connectivity index (χ1n) is 7.94. The first kappa shape index (κ1) is 19.1. The van der Waals surface area contributed by atoms with E-state index in [9.17, 15) is 9.59 Å². The highest BCUT2D eigenvalue weighted by atomic mass is 35.5. The lowest BCUT2D eigenvalue weighted by molar-refractivity contribution is -0.136. The standard InChI is InChI=1S/C19H16Cl2N2O4/c1-26-17-12(20)8-11(9-13(17)21)16-14(18(24)27-2)15(22-19(25)23-16)10-6-4-3-5-7-10/h3-9,16H,1-2H3,(H2,22,23,25). The van der Waals surface area contributed by atoms with Crippen LogP contribution in [0.1, 0.15) is 17.2 Å². The third kappa shape index (κ3) is 3.72. The van der Waals surface area contributed by atoms with Gasteiger partial charge in [0.2, 0.25) is 0 Å². The predicted octanol–water partition coefficient (Wildman–Crippen LogP) is 3.94. The minimum atomic E-state index is -0.803. The number of rotatable bonds is 4. The van der Waals surface area contributed by atoms with Crippen molar-refractivity contribution in [1.29, 1.82) is 0 Å². The van der Waals surface area contributed by atoms with Gasteiger partial charge in [-0.05, 0) is 23.3 Å². The van der Waals surface area contributed by atoms with E-state index in [0.29, 0.717) is 22.6 Å². The van der Waals surface area contributed by atoms with Crippen LogP contribution in [0.25, 0.3) is 5.70 Å². The molecule has 0 fully saturated rings. The van der Waals surface area contributed by atoms with E-state index in [4.69, 9.17) is 32.7 Å². The molecule has 0 saturated carbocycles. The van der Waals surface area contributed by atoms with E-state index in [1.807, 2.05) is 18.2 Å². The van der Waals surface area contributed by atoms with Crippen molar-refractivity contribution in [2.24, 2.45) is 0 Å². The number of carbonyl (C=O) groups is 2. The van der Waals surface area contributed by atoms with Crippen LogP contribution >= 0.6 is 23.2 Å². The van der Waals surface area contributed by atoms with Gasteiger partial charge in [-0.1, -0.05) is 53.5 Å². The molecule has 2 N–H and O–H groups in total. The fourth-order valence-corrected chi connectivity index (χ4v) is 3.58. The van der Waals surface area contributed by atoms with Crippen LogP contribution in [0.3, 0.4) is 0 Å². The summed E-state index contributed by atoms with van der Waals surface area (Å²) in [4.78, 5) is 24.9. The third-order valence-corrected chi connectivity index (χ3v) is 4.66. The first-order valence-corrected chi connectivity index (χ1v) is 8.70. The fraction of sp³-hybridized carbons (Fsp3) is 0.158. The predicted molar refractivity (Wildman–Crippen MR) is 103 cm³/mol. The Morgan fingerprint density at radius 1 is 1.07 bits per heavy atom. The normalized spacial score (nSPS) is 16.4. The molecular weight excluding hydrogens is 391 g/mol. The molecule has 0 spiro atoms. The summed E-state index contributed by atoms with van der Waals surface area (Å²) in [5.41, 5.74) is 1.79. The number of halogens is 2. The fourth-order valence-electron chi connectivity index (χ4n) is 2.92. The summed E-state index contributed by atoms with van der Waals surface area (Å²) in [6, 6.07) is 10.9. The van der Waals surface area contributed by atoms with Gasteiger partial charge >= 0.3 is 12.0 Å². The van der Waals surface area contributed by atoms with Crippen molar-refractivity contribution in [3.05, 3.63) is 69.2 Å². The Kier molecular flexibility index (Phi) is 5.58. The van der Waals surface area contributed by atoms with E-state index >= 15 is 0 Å². The highest BCUT2D eigenvalue weighted by Crippen LogP contribution is 2.39. The Balaban J connectivity index is 2.21. The molecule has 0 saturated heterocycles. The van der Waals surface area contributed by atoms with Crippen LogP contribution in [-0.4, -0.2) is 26.2 Å². The lowest BCUT2D eigenvalue weighted by atomic mass is 9.92. The molecule has 0 aromatic heterocycles. The maximum absolute atomic E-state index is 12.6. The van der Waals surface area contributed by atoms with Crippen molar-refractivity contribution >= 4 is 40.9 Å². The van der Waals surface area contributed by atoms with Gasteiger partial charge < -0.3 is 20.1 Å². The van der Waals surface area contributed by atoms with Crippen molar-refractivity contribution in [3.8, 4) is 5.75 Å². The third-order valence-electron chi connectivity index (χ3n) is 4.10. The molecule has 1 aliphatic rings. The van der Waals surface area contributed by atoms with Crippen molar-refractivity contribution < 1.29 is 19.1 Å². The largest absolute Gasteiger partial charge is 0.494 e. The Morgan fingerprint density at radius 3 is 2.26 bits per heavy atom. The van der Waals surface area contributed by atoms with Crippen LogP contribution in [0, 0.1) is 0 Å². The average molecular weight is 407 g/mol. The second-order valence-corrected chi connectivity index (χ2v) is 6.51. The maximum Gasteiger partial charge on any atom is 0.338 e. The second-order valence-electron chi connectivity index (χ2n) is 5.70. The minimum absolute atomic E-state index is 0.237. The number of ether oxygens (including phenoxy) is 2. The van der Waals surface area contributed by atoms with Gasteiger partial charge in [-0.15, -0.1) is 0 Å². The lowest BCUT2D eigenvalue weighted by Gasteiger charge is -2.29. The number of hydrogen-bond acceptors (Lipinski definition) is 4. The van der Waals surface area contributed by atoms with Gasteiger partial charge in [0.25, 0.3) is 0 Å². The second kappa shape index (κ2) is 7.90. The van der Waals surface area contributed by atoms with Crippen LogP contribution in [0.4, 0.5) is 4.79 Å². The molecule has 0 aliphatic carbocycles. The SMILES string of the molecule is COC(=O)C1=C(c2ccccc2)NC(=O)NC1c1cc(Cl)c(OC)c(Cl)c1. The Hall–Kier alpha value is -2.70. The molecule has 3 rings (SSSR count). The molecule has 2 amide bonds. The molecule has 1 unspecified atom stereocenters. The quantitative estimate of drug-likeness (QED) is 0.753.